The molecule has 0 fully saturated rings. The first-order valence-corrected chi connectivity index (χ1v) is 9.10. The Morgan fingerprint density at radius 2 is 1.74 bits per heavy atom. The number of para-hydroxylation sites is 1. The first kappa shape index (κ1) is 20.7. The zero-order valence-electron chi connectivity index (χ0n) is 14.8. The highest BCUT2D eigenvalue weighted by Gasteiger charge is 2.15. The highest BCUT2D eigenvalue weighted by molar-refractivity contribution is 9.10. The Bertz CT molecular complexity index is 742. The Balaban J connectivity index is 1.58. The fourth-order valence-electron chi connectivity index (χ4n) is 1.97. The smallest absolute Gasteiger partial charge is 0.279 e. The van der Waals surface area contributed by atoms with Crippen molar-refractivity contribution in [3.8, 4) is 11.5 Å². The summed E-state index contributed by atoms with van der Waals surface area (Å²) in [6, 6.07) is 16.4. The van der Waals surface area contributed by atoms with Gasteiger partial charge in [-0.3, -0.25) is 20.4 Å². The second-order valence-electron chi connectivity index (χ2n) is 5.47. The molecule has 144 valence electrons. The maximum atomic E-state index is 11.9. The summed E-state index contributed by atoms with van der Waals surface area (Å²) >= 11 is 3.33. The fourth-order valence-corrected chi connectivity index (χ4v) is 2.35. The van der Waals surface area contributed by atoms with Crippen LogP contribution in [0.5, 0.6) is 11.5 Å². The molecule has 0 saturated carbocycles. The lowest BCUT2D eigenvalue weighted by Gasteiger charge is -2.15. The van der Waals surface area contributed by atoms with Gasteiger partial charge in [-0.15, -0.1) is 0 Å². The van der Waals surface area contributed by atoms with Crippen LogP contribution >= 0.6 is 15.9 Å². The Morgan fingerprint density at radius 1 is 1.00 bits per heavy atom. The number of rotatable bonds is 9. The minimum Gasteiger partial charge on any atom is -0.491 e. The SMILES string of the molecule is CC(Oc1cccc(Br)c1)C(=O)NNC(=O)COCCOc1ccccc1. The van der Waals surface area contributed by atoms with Crippen LogP contribution in [0.15, 0.2) is 59.1 Å². The van der Waals surface area contributed by atoms with Gasteiger partial charge >= 0.3 is 0 Å². The third-order valence-corrected chi connectivity index (χ3v) is 3.77. The van der Waals surface area contributed by atoms with Crippen LogP contribution in [0.25, 0.3) is 0 Å². The van der Waals surface area contributed by atoms with E-state index in [0.717, 1.165) is 10.2 Å². The molecule has 27 heavy (non-hydrogen) atoms. The molecule has 1 atom stereocenters. The van der Waals surface area contributed by atoms with Crippen molar-refractivity contribution in [2.45, 2.75) is 13.0 Å². The molecule has 0 aliphatic rings. The van der Waals surface area contributed by atoms with Crippen molar-refractivity contribution < 1.29 is 23.8 Å². The van der Waals surface area contributed by atoms with E-state index in [9.17, 15) is 9.59 Å². The van der Waals surface area contributed by atoms with E-state index in [0.29, 0.717) is 12.4 Å². The Kier molecular flexibility index (Phi) is 8.60. The van der Waals surface area contributed by atoms with Crippen molar-refractivity contribution in [1.82, 2.24) is 10.9 Å². The van der Waals surface area contributed by atoms with Crippen LogP contribution in [0.4, 0.5) is 0 Å². The minimum absolute atomic E-state index is 0.195. The van der Waals surface area contributed by atoms with Crippen molar-refractivity contribution in [2.75, 3.05) is 19.8 Å². The van der Waals surface area contributed by atoms with Crippen LogP contribution in [0.1, 0.15) is 6.92 Å². The molecule has 0 saturated heterocycles. The predicted molar refractivity (Wildman–Crippen MR) is 103 cm³/mol. The molecule has 0 aliphatic carbocycles. The van der Waals surface area contributed by atoms with Crippen LogP contribution in [-0.2, 0) is 14.3 Å². The number of halogens is 1. The van der Waals surface area contributed by atoms with Gasteiger partial charge in [-0.1, -0.05) is 40.2 Å². The molecule has 2 amide bonds. The monoisotopic (exact) mass is 436 g/mol. The number of carbonyl (C=O) groups is 2. The molecule has 0 heterocycles. The molecule has 7 nitrogen and oxygen atoms in total. The van der Waals surface area contributed by atoms with Gasteiger partial charge in [0.2, 0.25) is 0 Å². The molecule has 8 heteroatoms. The topological polar surface area (TPSA) is 85.9 Å². The number of amides is 2. The second kappa shape index (κ2) is 11.2. The number of hydrazine groups is 1. The Morgan fingerprint density at radius 3 is 2.48 bits per heavy atom. The van der Waals surface area contributed by atoms with Gasteiger partial charge in [-0.05, 0) is 37.3 Å². The molecule has 2 rings (SSSR count). The van der Waals surface area contributed by atoms with E-state index < -0.39 is 17.9 Å². The molecule has 2 N–H and O–H groups in total. The van der Waals surface area contributed by atoms with Crippen molar-refractivity contribution in [2.24, 2.45) is 0 Å². The van der Waals surface area contributed by atoms with Gasteiger partial charge in [0.25, 0.3) is 11.8 Å². The molecule has 0 spiro atoms. The quantitative estimate of drug-likeness (QED) is 0.465. The summed E-state index contributed by atoms with van der Waals surface area (Å²) in [4.78, 5) is 23.6. The molecular formula is C19H21BrN2O5. The number of nitrogens with one attached hydrogen (secondary N) is 2. The lowest BCUT2D eigenvalue weighted by Crippen LogP contribution is -2.48. The van der Waals surface area contributed by atoms with Gasteiger partial charge in [-0.25, -0.2) is 0 Å². The lowest BCUT2D eigenvalue weighted by molar-refractivity contribution is -0.134. The van der Waals surface area contributed by atoms with Crippen molar-refractivity contribution in [1.29, 1.82) is 0 Å². The van der Waals surface area contributed by atoms with E-state index in [1.807, 2.05) is 36.4 Å². The predicted octanol–water partition coefficient (Wildman–Crippen LogP) is 2.46. The van der Waals surface area contributed by atoms with Gasteiger partial charge in [0.05, 0.1) is 6.61 Å². The highest BCUT2D eigenvalue weighted by Crippen LogP contribution is 2.18. The molecular weight excluding hydrogens is 416 g/mol. The van der Waals surface area contributed by atoms with Crippen LogP contribution in [-0.4, -0.2) is 37.7 Å². The van der Waals surface area contributed by atoms with E-state index >= 15 is 0 Å². The summed E-state index contributed by atoms with van der Waals surface area (Å²) in [5.74, 6) is 0.325. The average molecular weight is 437 g/mol. The van der Waals surface area contributed by atoms with Crippen LogP contribution in [0.3, 0.4) is 0 Å². The maximum Gasteiger partial charge on any atom is 0.279 e. The van der Waals surface area contributed by atoms with E-state index in [4.69, 9.17) is 14.2 Å². The lowest BCUT2D eigenvalue weighted by atomic mass is 10.3. The molecule has 0 aliphatic heterocycles. The average Bonchev–Trinajstić information content (AvgIpc) is 2.66. The number of carbonyl (C=O) groups excluding carboxylic acids is 2. The molecule has 0 radical (unpaired) electrons. The first-order chi connectivity index (χ1) is 13.0. The number of hydrogen-bond donors (Lipinski definition) is 2. The van der Waals surface area contributed by atoms with Gasteiger partial charge in [0, 0.05) is 4.47 Å². The van der Waals surface area contributed by atoms with Crippen molar-refractivity contribution >= 4 is 27.7 Å². The molecule has 0 aromatic heterocycles. The number of hydrogen-bond acceptors (Lipinski definition) is 5. The minimum atomic E-state index is -0.778. The van der Waals surface area contributed by atoms with Gasteiger partial charge in [0.1, 0.15) is 24.7 Å². The van der Waals surface area contributed by atoms with E-state index in [1.165, 1.54) is 0 Å². The zero-order chi connectivity index (χ0) is 19.5. The summed E-state index contributed by atoms with van der Waals surface area (Å²) < 4.78 is 17.0. The normalized spacial score (nSPS) is 11.3. The number of ether oxygens (including phenoxy) is 3. The van der Waals surface area contributed by atoms with E-state index in [1.54, 1.807) is 25.1 Å². The standard InChI is InChI=1S/C19H21BrN2O5/c1-14(27-17-9-5-6-15(20)12-17)19(24)22-21-18(23)13-25-10-11-26-16-7-3-2-4-8-16/h2-9,12,14H,10-11,13H2,1H3,(H,21,23)(H,22,24). The maximum absolute atomic E-state index is 11.9. The summed E-state index contributed by atoms with van der Waals surface area (Å²) in [6.45, 7) is 1.96. The summed E-state index contributed by atoms with van der Waals surface area (Å²) in [6.07, 6.45) is -0.778. The molecule has 2 aromatic rings. The molecule has 0 bridgehead atoms. The fraction of sp³-hybridized carbons (Fsp3) is 0.263. The second-order valence-corrected chi connectivity index (χ2v) is 6.38. The third-order valence-electron chi connectivity index (χ3n) is 3.28. The Labute approximate surface area is 166 Å². The van der Waals surface area contributed by atoms with Crippen molar-refractivity contribution in [3.05, 3.63) is 59.1 Å². The zero-order valence-corrected chi connectivity index (χ0v) is 16.4. The molecule has 2 aromatic carbocycles. The summed E-state index contributed by atoms with van der Waals surface area (Å²) in [5.41, 5.74) is 4.57. The highest BCUT2D eigenvalue weighted by atomic mass is 79.9. The van der Waals surface area contributed by atoms with Crippen molar-refractivity contribution in [3.63, 3.8) is 0 Å². The first-order valence-electron chi connectivity index (χ1n) is 8.31. The van der Waals surface area contributed by atoms with E-state index in [2.05, 4.69) is 26.8 Å². The van der Waals surface area contributed by atoms with Gasteiger partial charge < -0.3 is 14.2 Å². The van der Waals surface area contributed by atoms with Crippen LogP contribution < -0.4 is 20.3 Å². The summed E-state index contributed by atoms with van der Waals surface area (Å²) in [5, 5.41) is 0. The molecule has 1 unspecified atom stereocenters. The van der Waals surface area contributed by atoms with Gasteiger partial charge in [-0.2, -0.15) is 0 Å². The number of benzene rings is 2. The Hall–Kier alpha value is -2.58. The summed E-state index contributed by atoms with van der Waals surface area (Å²) in [7, 11) is 0. The largest absolute Gasteiger partial charge is 0.491 e. The third kappa shape index (κ3) is 8.10. The van der Waals surface area contributed by atoms with E-state index in [-0.39, 0.29) is 13.2 Å². The van der Waals surface area contributed by atoms with Crippen LogP contribution in [0, 0.1) is 0 Å². The van der Waals surface area contributed by atoms with Gasteiger partial charge in [0.15, 0.2) is 6.10 Å². The van der Waals surface area contributed by atoms with Crippen LogP contribution in [0.2, 0.25) is 0 Å².